The Hall–Kier alpha value is -0.900. The van der Waals surface area contributed by atoms with Gasteiger partial charge in [0.25, 0.3) is 0 Å². The molecule has 0 saturated carbocycles. The molecule has 2 aliphatic heterocycles. The second kappa shape index (κ2) is 5.00. The minimum Gasteiger partial charge on any atom is -0.373 e. The Morgan fingerprint density at radius 2 is 1.78 bits per heavy atom. The normalized spacial score (nSPS) is 40.2. The Morgan fingerprint density at radius 3 is 2.56 bits per heavy atom. The average Bonchev–Trinajstić information content (AvgIpc) is 2.44. The van der Waals surface area contributed by atoms with Gasteiger partial charge in [0, 0.05) is 5.56 Å². The van der Waals surface area contributed by atoms with Gasteiger partial charge in [-0.2, -0.15) is 0 Å². The molecule has 2 fully saturated rings. The van der Waals surface area contributed by atoms with Crippen LogP contribution >= 0.6 is 0 Å². The molecule has 0 bridgehead atoms. The van der Waals surface area contributed by atoms with E-state index >= 15 is 0 Å². The molecule has 1 aromatic rings. The van der Waals surface area contributed by atoms with E-state index in [1.165, 1.54) is 0 Å². The van der Waals surface area contributed by atoms with Crippen molar-refractivity contribution in [1.82, 2.24) is 0 Å². The quantitative estimate of drug-likeness (QED) is 0.765. The molecule has 5 atom stereocenters. The van der Waals surface area contributed by atoms with Crippen LogP contribution < -0.4 is 0 Å². The van der Waals surface area contributed by atoms with Gasteiger partial charge in [0.1, 0.15) is 6.10 Å². The van der Waals surface area contributed by atoms with Crippen LogP contribution in [-0.2, 0) is 14.2 Å². The maximum Gasteiger partial charge on any atom is 0.184 e. The molecule has 0 aromatic heterocycles. The standard InChI is InChI=1S/C15H20O3/c1-10-8-16-13-9-17-15(18-14(13)11(10)2)12-6-4-3-5-7-12/h3-7,10-11,13-15H,8-9H2,1-2H3/t10-,11?,13-,14+,15-/m1/s1. The minimum atomic E-state index is -0.246. The zero-order valence-corrected chi connectivity index (χ0v) is 10.9. The third-order valence-corrected chi connectivity index (χ3v) is 4.12. The van der Waals surface area contributed by atoms with Crippen molar-refractivity contribution < 1.29 is 14.2 Å². The van der Waals surface area contributed by atoms with E-state index < -0.39 is 0 Å². The SMILES string of the molecule is CC1[C@H](C)CO[C@@H]2CO[C@@H](c3ccccc3)O[C@@H]12. The second-order valence-corrected chi connectivity index (χ2v) is 5.38. The van der Waals surface area contributed by atoms with Crippen LogP contribution in [-0.4, -0.2) is 25.4 Å². The van der Waals surface area contributed by atoms with Crippen molar-refractivity contribution in [1.29, 1.82) is 0 Å². The molecule has 18 heavy (non-hydrogen) atoms. The summed E-state index contributed by atoms with van der Waals surface area (Å²) in [5.41, 5.74) is 1.08. The Balaban J connectivity index is 1.75. The highest BCUT2D eigenvalue weighted by molar-refractivity contribution is 5.16. The number of hydrogen-bond donors (Lipinski definition) is 0. The molecule has 2 heterocycles. The Kier molecular flexibility index (Phi) is 3.37. The fourth-order valence-electron chi connectivity index (χ4n) is 2.69. The van der Waals surface area contributed by atoms with Crippen molar-refractivity contribution in [3.63, 3.8) is 0 Å². The third-order valence-electron chi connectivity index (χ3n) is 4.12. The molecule has 3 rings (SSSR count). The molecule has 0 radical (unpaired) electrons. The van der Waals surface area contributed by atoms with Crippen molar-refractivity contribution in [3.05, 3.63) is 35.9 Å². The number of hydrogen-bond acceptors (Lipinski definition) is 3. The Bertz CT molecular complexity index is 390. The molecule has 3 nitrogen and oxygen atoms in total. The van der Waals surface area contributed by atoms with E-state index in [2.05, 4.69) is 13.8 Å². The summed E-state index contributed by atoms with van der Waals surface area (Å²) < 4.78 is 17.7. The Labute approximate surface area is 108 Å². The van der Waals surface area contributed by atoms with Crippen LogP contribution in [0.3, 0.4) is 0 Å². The summed E-state index contributed by atoms with van der Waals surface area (Å²) >= 11 is 0. The van der Waals surface area contributed by atoms with Gasteiger partial charge in [0.15, 0.2) is 6.29 Å². The van der Waals surface area contributed by atoms with Crippen molar-refractivity contribution in [3.8, 4) is 0 Å². The van der Waals surface area contributed by atoms with Crippen LogP contribution in [0.25, 0.3) is 0 Å². The predicted molar refractivity (Wildman–Crippen MR) is 68.1 cm³/mol. The van der Waals surface area contributed by atoms with Gasteiger partial charge < -0.3 is 14.2 Å². The summed E-state index contributed by atoms with van der Waals surface area (Å²) in [5, 5.41) is 0. The molecule has 1 unspecified atom stereocenters. The monoisotopic (exact) mass is 248 g/mol. The van der Waals surface area contributed by atoms with Crippen molar-refractivity contribution in [2.24, 2.45) is 11.8 Å². The molecule has 0 N–H and O–H groups in total. The molecule has 0 amide bonds. The van der Waals surface area contributed by atoms with Crippen molar-refractivity contribution in [2.75, 3.05) is 13.2 Å². The summed E-state index contributed by atoms with van der Waals surface area (Å²) in [6.45, 7) is 5.90. The molecule has 2 saturated heterocycles. The van der Waals surface area contributed by atoms with Gasteiger partial charge in [0.05, 0.1) is 19.3 Å². The van der Waals surface area contributed by atoms with E-state index in [-0.39, 0.29) is 18.5 Å². The van der Waals surface area contributed by atoms with Crippen molar-refractivity contribution in [2.45, 2.75) is 32.3 Å². The molecule has 2 aliphatic rings. The zero-order valence-electron chi connectivity index (χ0n) is 10.9. The van der Waals surface area contributed by atoms with Crippen LogP contribution in [0, 0.1) is 11.8 Å². The van der Waals surface area contributed by atoms with Crippen LogP contribution in [0.2, 0.25) is 0 Å². The Morgan fingerprint density at radius 1 is 1.00 bits per heavy atom. The summed E-state index contributed by atoms with van der Waals surface area (Å²) in [6, 6.07) is 10.1. The highest BCUT2D eigenvalue weighted by atomic mass is 16.7. The first-order valence-corrected chi connectivity index (χ1v) is 6.69. The van der Waals surface area contributed by atoms with Gasteiger partial charge in [-0.3, -0.25) is 0 Å². The van der Waals surface area contributed by atoms with Crippen molar-refractivity contribution >= 4 is 0 Å². The molecule has 0 spiro atoms. The van der Waals surface area contributed by atoms with Crippen LogP contribution in [0.5, 0.6) is 0 Å². The average molecular weight is 248 g/mol. The lowest BCUT2D eigenvalue weighted by molar-refractivity contribution is -0.296. The molecule has 0 aliphatic carbocycles. The largest absolute Gasteiger partial charge is 0.373 e. The first-order valence-electron chi connectivity index (χ1n) is 6.69. The number of rotatable bonds is 1. The zero-order chi connectivity index (χ0) is 12.5. The van der Waals surface area contributed by atoms with Crippen LogP contribution in [0.1, 0.15) is 25.7 Å². The molecular formula is C15H20O3. The maximum absolute atomic E-state index is 6.11. The van der Waals surface area contributed by atoms with Gasteiger partial charge in [-0.15, -0.1) is 0 Å². The first kappa shape index (κ1) is 12.2. The fraction of sp³-hybridized carbons (Fsp3) is 0.600. The summed E-state index contributed by atoms with van der Waals surface area (Å²) in [6.07, 6.45) is -0.00679. The smallest absolute Gasteiger partial charge is 0.184 e. The third kappa shape index (κ3) is 2.18. The summed E-state index contributed by atoms with van der Waals surface area (Å²) in [4.78, 5) is 0. The van der Waals surface area contributed by atoms with E-state index in [0.29, 0.717) is 18.4 Å². The number of benzene rings is 1. The number of ether oxygens (including phenoxy) is 3. The molecule has 1 aromatic carbocycles. The van der Waals surface area contributed by atoms with E-state index in [0.717, 1.165) is 12.2 Å². The van der Waals surface area contributed by atoms with Gasteiger partial charge in [-0.25, -0.2) is 0 Å². The van der Waals surface area contributed by atoms with Gasteiger partial charge in [-0.1, -0.05) is 44.2 Å². The second-order valence-electron chi connectivity index (χ2n) is 5.38. The first-order chi connectivity index (χ1) is 8.75. The topological polar surface area (TPSA) is 27.7 Å². The van der Waals surface area contributed by atoms with Crippen LogP contribution in [0.4, 0.5) is 0 Å². The van der Waals surface area contributed by atoms with Gasteiger partial charge in [-0.05, 0) is 11.8 Å². The van der Waals surface area contributed by atoms with Gasteiger partial charge >= 0.3 is 0 Å². The molecule has 3 heteroatoms. The van der Waals surface area contributed by atoms with Gasteiger partial charge in [0.2, 0.25) is 0 Å². The van der Waals surface area contributed by atoms with E-state index in [1.807, 2.05) is 30.3 Å². The summed E-state index contributed by atoms with van der Waals surface area (Å²) in [5.74, 6) is 1.06. The lowest BCUT2D eigenvalue weighted by atomic mass is 9.85. The number of fused-ring (bicyclic) bond motifs is 1. The lowest BCUT2D eigenvalue weighted by Crippen LogP contribution is -2.51. The minimum absolute atomic E-state index is 0.0937. The van der Waals surface area contributed by atoms with E-state index in [9.17, 15) is 0 Å². The predicted octanol–water partition coefficient (Wildman–Crippen LogP) is 2.77. The highest BCUT2D eigenvalue weighted by Gasteiger charge is 2.41. The fourth-order valence-corrected chi connectivity index (χ4v) is 2.69. The van der Waals surface area contributed by atoms with Crippen LogP contribution in [0.15, 0.2) is 30.3 Å². The highest BCUT2D eigenvalue weighted by Crippen LogP contribution is 2.36. The molecule has 98 valence electrons. The van der Waals surface area contributed by atoms with E-state index in [4.69, 9.17) is 14.2 Å². The molecular weight excluding hydrogens is 228 g/mol. The van der Waals surface area contributed by atoms with E-state index in [1.54, 1.807) is 0 Å². The maximum atomic E-state index is 6.11. The summed E-state index contributed by atoms with van der Waals surface area (Å²) in [7, 11) is 0. The lowest BCUT2D eigenvalue weighted by Gasteiger charge is -2.45.